The SMILES string of the molecule is O=C([O-])c1ccc(NCc2ccc(C(F)(F)F)cc2)cc1C(=O)[O-]. The van der Waals surface area contributed by atoms with Crippen molar-refractivity contribution in [3.05, 3.63) is 64.7 Å². The van der Waals surface area contributed by atoms with Gasteiger partial charge in [-0.05, 0) is 29.8 Å². The van der Waals surface area contributed by atoms with Crippen molar-refractivity contribution in [3.8, 4) is 0 Å². The highest BCUT2D eigenvalue weighted by atomic mass is 19.4. The molecule has 5 nitrogen and oxygen atoms in total. The van der Waals surface area contributed by atoms with E-state index >= 15 is 0 Å². The first-order valence-electron chi connectivity index (χ1n) is 6.65. The monoisotopic (exact) mass is 337 g/mol. The Labute approximate surface area is 134 Å². The van der Waals surface area contributed by atoms with Crippen LogP contribution in [0.1, 0.15) is 31.8 Å². The van der Waals surface area contributed by atoms with Crippen molar-refractivity contribution in [1.82, 2.24) is 0 Å². The van der Waals surface area contributed by atoms with Crippen molar-refractivity contribution in [2.75, 3.05) is 5.32 Å². The van der Waals surface area contributed by atoms with Gasteiger partial charge in [0.2, 0.25) is 0 Å². The highest BCUT2D eigenvalue weighted by molar-refractivity contribution is 6.00. The molecule has 126 valence electrons. The summed E-state index contributed by atoms with van der Waals surface area (Å²) in [4.78, 5) is 21.8. The maximum absolute atomic E-state index is 12.5. The van der Waals surface area contributed by atoms with Crippen molar-refractivity contribution >= 4 is 17.6 Å². The normalized spacial score (nSPS) is 11.1. The maximum atomic E-state index is 12.5. The number of aromatic carboxylic acids is 2. The van der Waals surface area contributed by atoms with E-state index in [1.54, 1.807) is 0 Å². The Bertz CT molecular complexity index is 770. The number of carbonyl (C=O) groups is 2. The Morgan fingerprint density at radius 2 is 1.50 bits per heavy atom. The van der Waals surface area contributed by atoms with E-state index in [9.17, 15) is 33.0 Å². The van der Waals surface area contributed by atoms with Gasteiger partial charge in [-0.1, -0.05) is 18.2 Å². The molecule has 0 amide bonds. The number of nitrogens with one attached hydrogen (secondary N) is 1. The number of carbonyl (C=O) groups excluding carboxylic acids is 2. The first-order chi connectivity index (χ1) is 11.2. The van der Waals surface area contributed by atoms with E-state index in [2.05, 4.69) is 5.32 Å². The standard InChI is InChI=1S/C16H12F3NO4/c17-16(18,19)10-3-1-9(2-4-10)8-20-11-5-6-12(14(21)22)13(7-11)15(23)24/h1-7,20H,8H2,(H,21,22)(H,23,24)/p-2. The van der Waals surface area contributed by atoms with Crippen LogP contribution in [0.4, 0.5) is 18.9 Å². The van der Waals surface area contributed by atoms with E-state index in [0.29, 0.717) is 5.56 Å². The maximum Gasteiger partial charge on any atom is 0.416 e. The second-order valence-corrected chi connectivity index (χ2v) is 4.88. The Hall–Kier alpha value is -3.03. The van der Waals surface area contributed by atoms with E-state index in [1.165, 1.54) is 18.2 Å². The van der Waals surface area contributed by atoms with Gasteiger partial charge in [0.1, 0.15) is 0 Å². The summed E-state index contributed by atoms with van der Waals surface area (Å²) in [5.41, 5.74) is -1.03. The second kappa shape index (κ2) is 6.61. The first-order valence-corrected chi connectivity index (χ1v) is 6.65. The molecule has 0 spiro atoms. The first kappa shape index (κ1) is 17.3. The third-order valence-corrected chi connectivity index (χ3v) is 3.24. The van der Waals surface area contributed by atoms with Crippen LogP contribution in [0.3, 0.4) is 0 Å². The zero-order valence-corrected chi connectivity index (χ0v) is 12.0. The molecule has 0 aliphatic heterocycles. The predicted molar refractivity (Wildman–Crippen MR) is 73.9 cm³/mol. The molecule has 2 aromatic rings. The Morgan fingerprint density at radius 3 is 2.00 bits per heavy atom. The van der Waals surface area contributed by atoms with Crippen LogP contribution in [0.25, 0.3) is 0 Å². The fraction of sp³-hybridized carbons (Fsp3) is 0.125. The number of rotatable bonds is 5. The number of hydrogen-bond acceptors (Lipinski definition) is 5. The predicted octanol–water partition coefficient (Wildman–Crippen LogP) is 1.04. The molecule has 0 atom stereocenters. The van der Waals surface area contributed by atoms with Gasteiger partial charge < -0.3 is 25.1 Å². The van der Waals surface area contributed by atoms with Crippen molar-refractivity contribution in [2.24, 2.45) is 0 Å². The molecule has 8 heteroatoms. The van der Waals surface area contributed by atoms with Crippen molar-refractivity contribution in [1.29, 1.82) is 0 Å². The molecule has 0 saturated heterocycles. The smallest absolute Gasteiger partial charge is 0.416 e. The molecule has 2 rings (SSSR count). The topological polar surface area (TPSA) is 92.3 Å². The Balaban J connectivity index is 2.13. The summed E-state index contributed by atoms with van der Waals surface area (Å²) in [6.45, 7) is 0.120. The summed E-state index contributed by atoms with van der Waals surface area (Å²) in [5.74, 6) is -3.32. The highest BCUT2D eigenvalue weighted by Gasteiger charge is 2.29. The summed E-state index contributed by atoms with van der Waals surface area (Å²) in [6.07, 6.45) is -4.42. The van der Waals surface area contributed by atoms with Gasteiger partial charge in [-0.25, -0.2) is 0 Å². The fourth-order valence-corrected chi connectivity index (χ4v) is 2.02. The molecule has 0 aliphatic rings. The molecule has 0 radical (unpaired) electrons. The molecule has 0 fully saturated rings. The van der Waals surface area contributed by atoms with Gasteiger partial charge in [-0.3, -0.25) is 0 Å². The van der Waals surface area contributed by atoms with E-state index in [1.807, 2.05) is 0 Å². The molecule has 2 aromatic carbocycles. The van der Waals surface area contributed by atoms with Crippen LogP contribution in [0.15, 0.2) is 42.5 Å². The lowest BCUT2D eigenvalue weighted by molar-refractivity contribution is -0.259. The summed E-state index contributed by atoms with van der Waals surface area (Å²) in [6, 6.07) is 7.86. The Kier molecular flexibility index (Phi) is 4.77. The van der Waals surface area contributed by atoms with Gasteiger partial charge >= 0.3 is 6.18 Å². The summed E-state index contributed by atoms with van der Waals surface area (Å²) >= 11 is 0. The van der Waals surface area contributed by atoms with Gasteiger partial charge in [-0.2, -0.15) is 13.2 Å². The largest absolute Gasteiger partial charge is 0.545 e. The van der Waals surface area contributed by atoms with Crippen LogP contribution in [0.2, 0.25) is 0 Å². The molecular formula is C16H10F3NO4-2. The number of anilines is 1. The van der Waals surface area contributed by atoms with Crippen LogP contribution in [-0.2, 0) is 12.7 Å². The van der Waals surface area contributed by atoms with Crippen LogP contribution < -0.4 is 15.5 Å². The van der Waals surface area contributed by atoms with Gasteiger partial charge in [0.25, 0.3) is 0 Å². The molecule has 0 heterocycles. The average Bonchev–Trinajstić information content (AvgIpc) is 2.52. The number of alkyl halides is 3. The zero-order valence-electron chi connectivity index (χ0n) is 12.0. The molecule has 24 heavy (non-hydrogen) atoms. The van der Waals surface area contributed by atoms with Crippen molar-refractivity contribution in [2.45, 2.75) is 12.7 Å². The lowest BCUT2D eigenvalue weighted by Gasteiger charge is -2.14. The van der Waals surface area contributed by atoms with E-state index in [4.69, 9.17) is 0 Å². The molecule has 0 aliphatic carbocycles. The van der Waals surface area contributed by atoms with Gasteiger partial charge in [0, 0.05) is 23.4 Å². The molecule has 1 N–H and O–H groups in total. The quantitative estimate of drug-likeness (QED) is 0.880. The summed E-state index contributed by atoms with van der Waals surface area (Å²) in [5, 5.41) is 24.6. The lowest BCUT2D eigenvalue weighted by atomic mass is 10.1. The van der Waals surface area contributed by atoms with Crippen LogP contribution in [0.5, 0.6) is 0 Å². The average molecular weight is 337 g/mol. The van der Waals surface area contributed by atoms with Gasteiger partial charge in [0.15, 0.2) is 0 Å². The van der Waals surface area contributed by atoms with Gasteiger partial charge in [0.05, 0.1) is 17.5 Å². The molecular weight excluding hydrogens is 327 g/mol. The van der Waals surface area contributed by atoms with Gasteiger partial charge in [-0.15, -0.1) is 0 Å². The van der Waals surface area contributed by atoms with Crippen molar-refractivity contribution < 1.29 is 33.0 Å². The second-order valence-electron chi connectivity index (χ2n) is 4.88. The summed E-state index contributed by atoms with van der Waals surface area (Å²) < 4.78 is 37.4. The number of hydrogen-bond donors (Lipinski definition) is 1. The minimum Gasteiger partial charge on any atom is -0.545 e. The van der Waals surface area contributed by atoms with E-state index in [0.717, 1.165) is 24.3 Å². The molecule has 0 bridgehead atoms. The van der Waals surface area contributed by atoms with Crippen LogP contribution >= 0.6 is 0 Å². The van der Waals surface area contributed by atoms with E-state index < -0.39 is 34.8 Å². The minimum absolute atomic E-state index is 0.120. The summed E-state index contributed by atoms with van der Waals surface area (Å²) in [7, 11) is 0. The minimum atomic E-state index is -4.42. The zero-order chi connectivity index (χ0) is 17.9. The van der Waals surface area contributed by atoms with Crippen LogP contribution in [0, 0.1) is 0 Å². The van der Waals surface area contributed by atoms with Crippen LogP contribution in [-0.4, -0.2) is 11.9 Å². The Morgan fingerprint density at radius 1 is 0.917 bits per heavy atom. The fourth-order valence-electron chi connectivity index (χ4n) is 2.02. The number of carboxylic acid groups (broad SMARTS) is 2. The third-order valence-electron chi connectivity index (χ3n) is 3.24. The number of benzene rings is 2. The number of halogens is 3. The highest BCUT2D eigenvalue weighted by Crippen LogP contribution is 2.29. The molecule has 0 saturated carbocycles. The van der Waals surface area contributed by atoms with E-state index in [-0.39, 0.29) is 12.2 Å². The van der Waals surface area contributed by atoms with Crippen molar-refractivity contribution in [3.63, 3.8) is 0 Å². The molecule has 0 aromatic heterocycles. The lowest BCUT2D eigenvalue weighted by Crippen LogP contribution is -2.30. The number of carboxylic acids is 2. The molecule has 0 unspecified atom stereocenters. The third kappa shape index (κ3) is 4.03.